The molecule has 180 valence electrons. The first-order valence-electron chi connectivity index (χ1n) is 11.3. The maximum Gasteiger partial charge on any atom is 0.155 e. The van der Waals surface area contributed by atoms with Gasteiger partial charge in [-0.3, -0.25) is 0 Å². The average molecular weight is 515 g/mol. The van der Waals surface area contributed by atoms with Gasteiger partial charge in [0.15, 0.2) is 11.5 Å². The van der Waals surface area contributed by atoms with Crippen molar-refractivity contribution in [3.8, 4) is 55.3 Å². The molecule has 36 heavy (non-hydrogen) atoms. The number of aromatic nitrogens is 2. The van der Waals surface area contributed by atoms with Gasteiger partial charge in [0.2, 0.25) is 0 Å². The van der Waals surface area contributed by atoms with Crippen LogP contribution in [0.15, 0.2) is 68.1 Å². The average Bonchev–Trinajstić information content (AvgIpc) is 3.69. The van der Waals surface area contributed by atoms with Crippen LogP contribution in [0.3, 0.4) is 0 Å². The summed E-state index contributed by atoms with van der Waals surface area (Å²) in [7, 11) is 3.36. The molecule has 0 bridgehead atoms. The molecular formula is C28H22N2O4S2. The summed E-state index contributed by atoms with van der Waals surface area (Å²) in [5.41, 5.74) is 4.62. The van der Waals surface area contributed by atoms with Crippen molar-refractivity contribution in [2.45, 2.75) is 13.8 Å². The lowest BCUT2D eigenvalue weighted by Crippen LogP contribution is -1.98. The van der Waals surface area contributed by atoms with E-state index in [1.165, 1.54) is 0 Å². The van der Waals surface area contributed by atoms with E-state index in [1.807, 2.05) is 61.0 Å². The minimum atomic E-state index is 0.622. The number of nitrogens with zero attached hydrogens (tertiary/aromatic N) is 2. The fraction of sp³-hybridized carbons (Fsp3) is 0.143. The monoisotopic (exact) mass is 514 g/mol. The predicted octanol–water partition coefficient (Wildman–Crippen LogP) is 8.24. The zero-order chi connectivity index (χ0) is 24.8. The van der Waals surface area contributed by atoms with E-state index < -0.39 is 0 Å². The largest absolute Gasteiger partial charge is 0.495 e. The van der Waals surface area contributed by atoms with Crippen molar-refractivity contribution < 1.29 is 18.3 Å². The Labute approximate surface area is 215 Å². The molecule has 0 aliphatic heterocycles. The summed E-state index contributed by atoms with van der Waals surface area (Å²) >= 11 is 3.21. The van der Waals surface area contributed by atoms with Crippen molar-refractivity contribution in [2.24, 2.45) is 0 Å². The Kier molecular flexibility index (Phi) is 5.62. The van der Waals surface area contributed by atoms with Crippen molar-refractivity contribution >= 4 is 33.7 Å². The second-order valence-electron chi connectivity index (χ2n) is 8.24. The molecule has 0 N–H and O–H groups in total. The summed E-state index contributed by atoms with van der Waals surface area (Å²) in [5.74, 6) is 4.45. The molecule has 5 heterocycles. The van der Waals surface area contributed by atoms with Gasteiger partial charge in [-0.25, -0.2) is 9.97 Å². The second kappa shape index (κ2) is 8.96. The third-order valence-corrected chi connectivity index (χ3v) is 7.82. The lowest BCUT2D eigenvalue weighted by molar-refractivity contribution is 0.418. The minimum absolute atomic E-state index is 0.622. The summed E-state index contributed by atoms with van der Waals surface area (Å²) in [4.78, 5) is 12.4. The normalized spacial score (nSPS) is 11.3. The molecule has 0 aliphatic rings. The zero-order valence-corrected chi connectivity index (χ0v) is 21.8. The van der Waals surface area contributed by atoms with Crippen molar-refractivity contribution in [1.82, 2.24) is 9.97 Å². The van der Waals surface area contributed by atoms with Gasteiger partial charge < -0.3 is 18.3 Å². The topological polar surface area (TPSA) is 70.5 Å². The van der Waals surface area contributed by atoms with E-state index in [0.29, 0.717) is 22.9 Å². The Morgan fingerprint density at radius 3 is 1.42 bits per heavy atom. The first kappa shape index (κ1) is 22.6. The number of ether oxygens (including phenoxy) is 2. The lowest BCUT2D eigenvalue weighted by Gasteiger charge is -2.14. The van der Waals surface area contributed by atoms with E-state index in [9.17, 15) is 0 Å². The number of benzene rings is 1. The molecular weight excluding hydrogens is 492 g/mol. The van der Waals surface area contributed by atoms with Crippen molar-refractivity contribution in [3.05, 3.63) is 70.8 Å². The molecule has 8 heteroatoms. The van der Waals surface area contributed by atoms with Crippen LogP contribution in [0.2, 0.25) is 0 Å². The van der Waals surface area contributed by atoms with Gasteiger partial charge in [-0.15, -0.1) is 22.7 Å². The summed E-state index contributed by atoms with van der Waals surface area (Å²) in [5, 5.41) is 4.03. The Hall–Kier alpha value is -3.88. The van der Waals surface area contributed by atoms with Gasteiger partial charge in [-0.05, 0) is 61.0 Å². The molecule has 0 fully saturated rings. The van der Waals surface area contributed by atoms with E-state index in [4.69, 9.17) is 28.3 Å². The van der Waals surface area contributed by atoms with Gasteiger partial charge in [0.1, 0.15) is 34.4 Å². The predicted molar refractivity (Wildman–Crippen MR) is 144 cm³/mol. The molecule has 1 aromatic carbocycles. The number of aryl methyl sites for hydroxylation is 2. The number of hydrogen-bond acceptors (Lipinski definition) is 8. The van der Waals surface area contributed by atoms with Gasteiger partial charge in [0.05, 0.1) is 35.0 Å². The molecule has 0 radical (unpaired) electrons. The SMILES string of the molecule is COc1ccsc1-c1ccc(-c2sccc2OC)c2nc(-c3ccc(C)o3)c(-c3ccc(C)o3)nc12. The fourth-order valence-electron chi connectivity index (χ4n) is 4.28. The number of methoxy groups -OCH3 is 2. The van der Waals surface area contributed by atoms with Crippen LogP contribution in [0.25, 0.3) is 54.8 Å². The quantitative estimate of drug-likeness (QED) is 0.223. The highest BCUT2D eigenvalue weighted by Crippen LogP contribution is 2.45. The maximum atomic E-state index is 6.02. The summed E-state index contributed by atoms with van der Waals surface area (Å²) in [6.45, 7) is 3.83. The van der Waals surface area contributed by atoms with Crippen molar-refractivity contribution in [2.75, 3.05) is 14.2 Å². The highest BCUT2D eigenvalue weighted by atomic mass is 32.1. The van der Waals surface area contributed by atoms with Crippen molar-refractivity contribution in [3.63, 3.8) is 0 Å². The number of fused-ring (bicyclic) bond motifs is 1. The second-order valence-corrected chi connectivity index (χ2v) is 10.1. The Bertz CT molecular complexity index is 1580. The molecule has 5 aromatic heterocycles. The van der Waals surface area contributed by atoms with Crippen LogP contribution in [-0.2, 0) is 0 Å². The molecule has 6 rings (SSSR count). The molecule has 6 nitrogen and oxygen atoms in total. The third kappa shape index (κ3) is 3.70. The molecule has 0 spiro atoms. The molecule has 0 unspecified atom stereocenters. The highest BCUT2D eigenvalue weighted by Gasteiger charge is 2.24. The summed E-state index contributed by atoms with van der Waals surface area (Å²) in [6.07, 6.45) is 0. The van der Waals surface area contributed by atoms with Gasteiger partial charge in [0.25, 0.3) is 0 Å². The smallest absolute Gasteiger partial charge is 0.155 e. The Morgan fingerprint density at radius 1 is 0.611 bits per heavy atom. The summed E-state index contributed by atoms with van der Waals surface area (Å²) in [6, 6.07) is 15.8. The van der Waals surface area contributed by atoms with Crippen LogP contribution in [-0.4, -0.2) is 24.2 Å². The minimum Gasteiger partial charge on any atom is -0.495 e. The zero-order valence-electron chi connectivity index (χ0n) is 20.1. The van der Waals surface area contributed by atoms with E-state index in [0.717, 1.165) is 54.9 Å². The molecule has 0 aliphatic carbocycles. The van der Waals surface area contributed by atoms with Crippen LogP contribution in [0.4, 0.5) is 0 Å². The Morgan fingerprint density at radius 2 is 1.06 bits per heavy atom. The van der Waals surface area contributed by atoms with E-state index in [1.54, 1.807) is 36.9 Å². The third-order valence-electron chi connectivity index (χ3n) is 5.96. The van der Waals surface area contributed by atoms with Crippen LogP contribution in [0, 0.1) is 13.8 Å². The number of furan rings is 2. The number of thiophene rings is 2. The van der Waals surface area contributed by atoms with E-state index >= 15 is 0 Å². The first-order valence-corrected chi connectivity index (χ1v) is 13.1. The van der Waals surface area contributed by atoms with Gasteiger partial charge >= 0.3 is 0 Å². The lowest BCUT2D eigenvalue weighted by atomic mass is 10.0. The summed E-state index contributed by atoms with van der Waals surface area (Å²) < 4.78 is 23.3. The maximum absolute atomic E-state index is 6.02. The molecule has 0 atom stereocenters. The van der Waals surface area contributed by atoms with E-state index in [-0.39, 0.29) is 0 Å². The van der Waals surface area contributed by atoms with Gasteiger partial charge in [0, 0.05) is 11.1 Å². The number of rotatable bonds is 6. The number of hydrogen-bond donors (Lipinski definition) is 0. The van der Waals surface area contributed by atoms with Crippen LogP contribution in [0.1, 0.15) is 11.5 Å². The fourth-order valence-corrected chi connectivity index (χ4v) is 6.05. The van der Waals surface area contributed by atoms with E-state index in [2.05, 4.69) is 12.1 Å². The van der Waals surface area contributed by atoms with Gasteiger partial charge in [-0.1, -0.05) is 12.1 Å². The molecule has 0 amide bonds. The van der Waals surface area contributed by atoms with Crippen LogP contribution in [0.5, 0.6) is 11.5 Å². The Balaban J connectivity index is 1.73. The molecule has 0 saturated carbocycles. The van der Waals surface area contributed by atoms with Crippen LogP contribution >= 0.6 is 22.7 Å². The standard InChI is InChI=1S/C28H22N2O4S2/c1-15-5-9-19(33-15)25-26(20-10-6-16(2)34-20)30-24-18(28-22(32-4)12-14-36-28)8-7-17(23(24)29-25)27-21(31-3)11-13-35-27/h5-14H,1-4H3. The molecule has 0 saturated heterocycles. The highest BCUT2D eigenvalue weighted by molar-refractivity contribution is 7.14. The van der Waals surface area contributed by atoms with Crippen LogP contribution < -0.4 is 9.47 Å². The first-order chi connectivity index (χ1) is 17.6. The molecule has 6 aromatic rings. The van der Waals surface area contributed by atoms with Crippen molar-refractivity contribution in [1.29, 1.82) is 0 Å². The van der Waals surface area contributed by atoms with Gasteiger partial charge in [-0.2, -0.15) is 0 Å².